The molecule has 0 saturated carbocycles. The van der Waals surface area contributed by atoms with E-state index >= 15 is 0 Å². The Kier molecular flexibility index (Phi) is 7.32. The smallest absolute Gasteiger partial charge is 0.0392 e. The molecule has 1 heteroatoms. The molecule has 214 valence electrons. The lowest BCUT2D eigenvalue weighted by Gasteiger charge is -2.24. The van der Waals surface area contributed by atoms with E-state index in [1.165, 1.54) is 71.6 Å². The van der Waals surface area contributed by atoms with Crippen molar-refractivity contribution in [1.82, 2.24) is 0 Å². The summed E-state index contributed by atoms with van der Waals surface area (Å²) in [5.41, 5.74) is 12.0. The zero-order valence-corrected chi connectivity index (χ0v) is 25.6. The normalized spacial score (nSPS) is 13.6. The number of allylic oxidation sites excluding steroid dienone is 3. The van der Waals surface area contributed by atoms with Crippen LogP contribution in [-0.4, -0.2) is 12.8 Å². The van der Waals surface area contributed by atoms with Gasteiger partial charge in [0.2, 0.25) is 0 Å². The lowest BCUT2D eigenvalue weighted by molar-refractivity contribution is 0.659. The van der Waals surface area contributed by atoms with Crippen LogP contribution in [0.3, 0.4) is 0 Å². The highest BCUT2D eigenvalue weighted by Crippen LogP contribution is 2.53. The van der Waals surface area contributed by atoms with Crippen LogP contribution in [0.2, 0.25) is 0 Å². The van der Waals surface area contributed by atoms with Crippen LogP contribution in [0.25, 0.3) is 54.9 Å². The number of benzene rings is 6. The predicted molar refractivity (Wildman–Crippen MR) is 191 cm³/mol. The van der Waals surface area contributed by atoms with Crippen molar-refractivity contribution in [2.24, 2.45) is 4.99 Å². The predicted octanol–water partition coefficient (Wildman–Crippen LogP) is 11.4. The molecule has 0 amide bonds. The van der Waals surface area contributed by atoms with Crippen LogP contribution in [0.15, 0.2) is 145 Å². The van der Waals surface area contributed by atoms with Gasteiger partial charge >= 0.3 is 0 Å². The van der Waals surface area contributed by atoms with Crippen LogP contribution in [0.1, 0.15) is 37.0 Å². The van der Waals surface area contributed by atoms with Gasteiger partial charge in [-0.1, -0.05) is 136 Å². The van der Waals surface area contributed by atoms with E-state index in [0.29, 0.717) is 0 Å². The zero-order chi connectivity index (χ0) is 30.1. The molecule has 0 aliphatic heterocycles. The summed E-state index contributed by atoms with van der Waals surface area (Å²) in [7, 11) is 0. The van der Waals surface area contributed by atoms with E-state index in [1.807, 2.05) is 18.4 Å². The second kappa shape index (κ2) is 11.6. The van der Waals surface area contributed by atoms with Crippen LogP contribution in [0, 0.1) is 0 Å². The Balaban J connectivity index is 1.42. The van der Waals surface area contributed by atoms with Gasteiger partial charge in [-0.05, 0) is 103 Å². The molecule has 1 aliphatic rings. The summed E-state index contributed by atoms with van der Waals surface area (Å²) in [6.45, 7) is 9.32. The average Bonchev–Trinajstić information content (AvgIpc) is 3.28. The van der Waals surface area contributed by atoms with Crippen molar-refractivity contribution in [3.8, 4) is 33.4 Å². The molecular formula is C43H37N. The number of hydrogen-bond donors (Lipinski definition) is 0. The monoisotopic (exact) mass is 567 g/mol. The van der Waals surface area contributed by atoms with Gasteiger partial charge in [0, 0.05) is 18.2 Å². The SMILES string of the molecule is C=C/C=C\C=N/CCCc1ccc2c(c1)C(C)(C)c1cc3c(-c4ccccc4)c4ccccc4c(-c4ccccc4)c3cc1-2. The lowest BCUT2D eigenvalue weighted by Crippen LogP contribution is -2.15. The number of aryl methyl sites for hydroxylation is 1. The summed E-state index contributed by atoms with van der Waals surface area (Å²) in [5.74, 6) is 0. The van der Waals surface area contributed by atoms with E-state index in [0.717, 1.165) is 19.4 Å². The average molecular weight is 568 g/mol. The molecule has 0 radical (unpaired) electrons. The van der Waals surface area contributed by atoms with E-state index in [-0.39, 0.29) is 5.41 Å². The molecule has 0 fully saturated rings. The molecule has 0 heterocycles. The Morgan fingerprint density at radius 1 is 0.614 bits per heavy atom. The quantitative estimate of drug-likeness (QED) is 0.0751. The zero-order valence-electron chi connectivity index (χ0n) is 25.6. The Morgan fingerprint density at radius 3 is 1.84 bits per heavy atom. The molecule has 44 heavy (non-hydrogen) atoms. The van der Waals surface area contributed by atoms with Gasteiger partial charge in [-0.15, -0.1) is 0 Å². The van der Waals surface area contributed by atoms with Gasteiger partial charge in [0.1, 0.15) is 0 Å². The molecule has 6 aromatic rings. The summed E-state index contributed by atoms with van der Waals surface area (Å²) in [6, 6.07) is 42.9. The minimum Gasteiger partial charge on any atom is -0.293 e. The molecular weight excluding hydrogens is 530 g/mol. The Hall–Kier alpha value is -5.01. The van der Waals surface area contributed by atoms with Crippen molar-refractivity contribution >= 4 is 27.8 Å². The minimum atomic E-state index is -0.102. The van der Waals surface area contributed by atoms with Gasteiger partial charge in [-0.25, -0.2) is 0 Å². The third kappa shape index (κ3) is 4.79. The first-order chi connectivity index (χ1) is 21.6. The highest BCUT2D eigenvalue weighted by Gasteiger charge is 2.36. The maximum atomic E-state index is 4.52. The van der Waals surface area contributed by atoms with E-state index in [2.05, 4.69) is 141 Å². The van der Waals surface area contributed by atoms with Gasteiger partial charge in [0.05, 0.1) is 0 Å². The Bertz CT molecular complexity index is 2060. The Labute approximate surface area is 260 Å². The maximum absolute atomic E-state index is 4.52. The number of hydrogen-bond acceptors (Lipinski definition) is 1. The summed E-state index contributed by atoms with van der Waals surface area (Å²) in [6.07, 6.45) is 9.52. The molecule has 7 rings (SSSR count). The second-order valence-electron chi connectivity index (χ2n) is 12.3. The summed E-state index contributed by atoms with van der Waals surface area (Å²) in [5, 5.41) is 5.21. The fourth-order valence-electron chi connectivity index (χ4n) is 7.08. The standard InChI is InChI=1S/C43H37N/c1-4-5-14-25-44-26-15-16-30-23-24-33-36-28-37-38(29-40(36)43(2,3)39(33)27-30)42(32-19-10-7-11-20-32)35-22-13-12-21-34(35)41(37)31-17-8-6-9-18-31/h4-14,17-25,27-29H,1,15-16,26H2,2-3H3/b14-5-,44-25-. The van der Waals surface area contributed by atoms with Gasteiger partial charge in [0.25, 0.3) is 0 Å². The van der Waals surface area contributed by atoms with Crippen molar-refractivity contribution in [1.29, 1.82) is 0 Å². The minimum absolute atomic E-state index is 0.102. The molecule has 6 aromatic carbocycles. The number of rotatable bonds is 8. The van der Waals surface area contributed by atoms with Crippen LogP contribution in [-0.2, 0) is 11.8 Å². The highest BCUT2D eigenvalue weighted by atomic mass is 14.7. The highest BCUT2D eigenvalue weighted by molar-refractivity contribution is 6.22. The van der Waals surface area contributed by atoms with Crippen molar-refractivity contribution < 1.29 is 0 Å². The molecule has 0 bridgehead atoms. The number of fused-ring (bicyclic) bond motifs is 5. The molecule has 0 aromatic heterocycles. The Morgan fingerprint density at radius 2 is 1.20 bits per heavy atom. The first-order valence-corrected chi connectivity index (χ1v) is 15.6. The number of nitrogens with zero attached hydrogens (tertiary/aromatic N) is 1. The largest absolute Gasteiger partial charge is 0.293 e. The lowest BCUT2D eigenvalue weighted by atomic mass is 9.79. The molecule has 0 spiro atoms. The molecule has 1 aliphatic carbocycles. The van der Waals surface area contributed by atoms with Gasteiger partial charge in [-0.2, -0.15) is 0 Å². The van der Waals surface area contributed by atoms with Crippen LogP contribution < -0.4 is 0 Å². The van der Waals surface area contributed by atoms with Crippen molar-refractivity contribution in [2.45, 2.75) is 32.1 Å². The fourth-order valence-corrected chi connectivity index (χ4v) is 7.08. The first kappa shape index (κ1) is 27.8. The topological polar surface area (TPSA) is 12.4 Å². The maximum Gasteiger partial charge on any atom is 0.0392 e. The summed E-state index contributed by atoms with van der Waals surface area (Å²) in [4.78, 5) is 4.52. The summed E-state index contributed by atoms with van der Waals surface area (Å²) >= 11 is 0. The van der Waals surface area contributed by atoms with Crippen LogP contribution in [0.4, 0.5) is 0 Å². The van der Waals surface area contributed by atoms with Gasteiger partial charge in [0.15, 0.2) is 0 Å². The second-order valence-corrected chi connectivity index (χ2v) is 12.3. The van der Waals surface area contributed by atoms with E-state index in [4.69, 9.17) is 0 Å². The van der Waals surface area contributed by atoms with Crippen LogP contribution >= 0.6 is 0 Å². The van der Waals surface area contributed by atoms with Crippen molar-refractivity contribution in [3.63, 3.8) is 0 Å². The summed E-state index contributed by atoms with van der Waals surface area (Å²) < 4.78 is 0. The van der Waals surface area contributed by atoms with Gasteiger partial charge in [-0.3, -0.25) is 4.99 Å². The van der Waals surface area contributed by atoms with E-state index in [9.17, 15) is 0 Å². The molecule has 0 atom stereocenters. The molecule has 0 unspecified atom stereocenters. The van der Waals surface area contributed by atoms with Crippen molar-refractivity contribution in [2.75, 3.05) is 6.54 Å². The molecule has 0 saturated heterocycles. The van der Waals surface area contributed by atoms with Crippen LogP contribution in [0.5, 0.6) is 0 Å². The third-order valence-electron chi connectivity index (χ3n) is 9.20. The van der Waals surface area contributed by atoms with Gasteiger partial charge < -0.3 is 0 Å². The fraction of sp³-hybridized carbons (Fsp3) is 0.140. The van der Waals surface area contributed by atoms with Crippen molar-refractivity contribution in [3.05, 3.63) is 157 Å². The number of aliphatic imine (C=N–C) groups is 1. The molecule has 0 N–H and O–H groups in total. The molecule has 1 nitrogen and oxygen atoms in total. The van der Waals surface area contributed by atoms with E-state index in [1.54, 1.807) is 6.08 Å². The van der Waals surface area contributed by atoms with E-state index < -0.39 is 0 Å². The first-order valence-electron chi connectivity index (χ1n) is 15.6. The third-order valence-corrected chi connectivity index (χ3v) is 9.20.